The van der Waals surface area contributed by atoms with Crippen LogP contribution >= 0.6 is 15.9 Å². The molecular weight excluding hydrogens is 444 g/mol. The molecule has 6 heteroatoms. The minimum Gasteiger partial charge on any atom is -0.488 e. The number of urea groups is 1. The molecule has 1 aliphatic rings. The molecule has 1 fully saturated rings. The fourth-order valence-electron chi connectivity index (χ4n) is 3.11. The number of hydrogen-bond acceptors (Lipinski definition) is 3. The number of halogens is 1. The molecule has 3 aromatic carbocycles. The van der Waals surface area contributed by atoms with Crippen molar-refractivity contribution < 1.29 is 14.3 Å². The third-order valence-corrected chi connectivity index (χ3v) is 5.20. The summed E-state index contributed by atoms with van der Waals surface area (Å²) in [6.07, 6.45) is 1.65. The normalized spacial score (nSPS) is 14.8. The Morgan fingerprint density at radius 1 is 0.867 bits per heavy atom. The van der Waals surface area contributed by atoms with Gasteiger partial charge in [0.2, 0.25) is 0 Å². The Morgan fingerprint density at radius 2 is 1.57 bits per heavy atom. The van der Waals surface area contributed by atoms with Crippen LogP contribution in [0, 0.1) is 0 Å². The summed E-state index contributed by atoms with van der Waals surface area (Å²) in [4.78, 5) is 26.3. The lowest BCUT2D eigenvalue weighted by Gasteiger charge is -2.11. The van der Waals surface area contributed by atoms with E-state index < -0.39 is 6.03 Å². The second kappa shape index (κ2) is 8.97. The predicted molar refractivity (Wildman–Crippen MR) is 118 cm³/mol. The zero-order valence-corrected chi connectivity index (χ0v) is 17.6. The van der Waals surface area contributed by atoms with Crippen LogP contribution < -0.4 is 10.1 Å². The molecule has 0 aliphatic carbocycles. The number of ether oxygens (including phenoxy) is 1. The van der Waals surface area contributed by atoms with Crippen molar-refractivity contribution in [3.05, 3.63) is 106 Å². The average molecular weight is 463 g/mol. The van der Waals surface area contributed by atoms with E-state index in [1.165, 1.54) is 4.90 Å². The fourth-order valence-corrected chi connectivity index (χ4v) is 3.37. The maximum Gasteiger partial charge on any atom is 0.329 e. The Balaban J connectivity index is 1.51. The fraction of sp³-hybridized carbons (Fsp3) is 0.0833. The highest BCUT2D eigenvalue weighted by atomic mass is 79.9. The van der Waals surface area contributed by atoms with Gasteiger partial charge in [-0.1, -0.05) is 76.6 Å². The predicted octanol–water partition coefficient (Wildman–Crippen LogP) is 5.12. The Morgan fingerprint density at radius 3 is 2.33 bits per heavy atom. The van der Waals surface area contributed by atoms with E-state index in [0.717, 1.165) is 21.2 Å². The van der Waals surface area contributed by atoms with Gasteiger partial charge in [0.25, 0.3) is 5.91 Å². The summed E-state index contributed by atoms with van der Waals surface area (Å²) < 4.78 is 6.97. The molecule has 30 heavy (non-hydrogen) atoms. The monoisotopic (exact) mass is 462 g/mol. The maximum atomic E-state index is 12.8. The molecule has 3 aromatic rings. The maximum absolute atomic E-state index is 12.8. The van der Waals surface area contributed by atoms with Crippen molar-refractivity contribution in [3.63, 3.8) is 0 Å². The molecule has 150 valence electrons. The molecule has 1 N–H and O–H groups in total. The summed E-state index contributed by atoms with van der Waals surface area (Å²) >= 11 is 3.42. The average Bonchev–Trinajstić information content (AvgIpc) is 3.02. The van der Waals surface area contributed by atoms with E-state index in [0.29, 0.717) is 12.4 Å². The molecule has 1 heterocycles. The Hall–Kier alpha value is -3.38. The number of nitrogens with zero attached hydrogens (tertiary/aromatic N) is 1. The van der Waals surface area contributed by atoms with Gasteiger partial charge in [-0.05, 0) is 35.4 Å². The molecule has 0 spiro atoms. The van der Waals surface area contributed by atoms with E-state index in [1.54, 1.807) is 6.08 Å². The Labute approximate surface area is 183 Å². The molecular formula is C24H19BrN2O3. The van der Waals surface area contributed by atoms with Crippen molar-refractivity contribution in [1.82, 2.24) is 10.2 Å². The van der Waals surface area contributed by atoms with Crippen LogP contribution in [0.5, 0.6) is 5.75 Å². The quantitative estimate of drug-likeness (QED) is 0.408. The second-order valence-electron chi connectivity index (χ2n) is 6.82. The van der Waals surface area contributed by atoms with Crippen LogP contribution in [0.15, 0.2) is 89.0 Å². The van der Waals surface area contributed by atoms with Crippen molar-refractivity contribution in [2.45, 2.75) is 13.2 Å². The van der Waals surface area contributed by atoms with E-state index >= 15 is 0 Å². The third-order valence-electron chi connectivity index (χ3n) is 4.67. The third kappa shape index (κ3) is 4.60. The van der Waals surface area contributed by atoms with Gasteiger partial charge < -0.3 is 10.1 Å². The van der Waals surface area contributed by atoms with Crippen molar-refractivity contribution in [3.8, 4) is 5.75 Å². The SMILES string of the molecule is O=C1N/C(=C/c2ccccc2OCc2ccc(Br)cc2)C(=O)N1Cc1ccccc1. The van der Waals surface area contributed by atoms with Gasteiger partial charge in [-0.3, -0.25) is 9.69 Å². The van der Waals surface area contributed by atoms with Gasteiger partial charge in [0.05, 0.1) is 6.54 Å². The van der Waals surface area contributed by atoms with E-state index in [-0.39, 0.29) is 18.1 Å². The smallest absolute Gasteiger partial charge is 0.329 e. The molecule has 1 saturated heterocycles. The summed E-state index contributed by atoms with van der Waals surface area (Å²) in [7, 11) is 0. The summed E-state index contributed by atoms with van der Waals surface area (Å²) in [6.45, 7) is 0.623. The number of nitrogens with one attached hydrogen (secondary N) is 1. The molecule has 0 atom stereocenters. The lowest BCUT2D eigenvalue weighted by molar-refractivity contribution is -0.123. The highest BCUT2D eigenvalue weighted by Gasteiger charge is 2.33. The van der Waals surface area contributed by atoms with Crippen molar-refractivity contribution in [1.29, 1.82) is 0 Å². The zero-order chi connectivity index (χ0) is 20.9. The summed E-state index contributed by atoms with van der Waals surface area (Å²) in [5.41, 5.74) is 2.87. The van der Waals surface area contributed by atoms with Gasteiger partial charge in [-0.15, -0.1) is 0 Å². The van der Waals surface area contributed by atoms with Crippen LogP contribution in [0.4, 0.5) is 4.79 Å². The van der Waals surface area contributed by atoms with Gasteiger partial charge in [0.15, 0.2) is 0 Å². The van der Waals surface area contributed by atoms with Crippen LogP contribution in [0.25, 0.3) is 6.08 Å². The van der Waals surface area contributed by atoms with Gasteiger partial charge in [0, 0.05) is 10.0 Å². The number of imide groups is 1. The largest absolute Gasteiger partial charge is 0.488 e. The number of amides is 3. The lowest BCUT2D eigenvalue weighted by atomic mass is 10.1. The Kier molecular flexibility index (Phi) is 5.95. The van der Waals surface area contributed by atoms with Crippen LogP contribution in [-0.4, -0.2) is 16.8 Å². The molecule has 0 saturated carbocycles. The highest BCUT2D eigenvalue weighted by Crippen LogP contribution is 2.24. The van der Waals surface area contributed by atoms with Crippen LogP contribution in [-0.2, 0) is 17.9 Å². The first kappa shape index (κ1) is 19.9. The molecule has 0 aromatic heterocycles. The number of carbonyl (C=O) groups excluding carboxylic acids is 2. The van der Waals surface area contributed by atoms with Crippen LogP contribution in [0.1, 0.15) is 16.7 Å². The van der Waals surface area contributed by atoms with E-state index in [4.69, 9.17) is 4.74 Å². The van der Waals surface area contributed by atoms with Crippen LogP contribution in [0.2, 0.25) is 0 Å². The lowest BCUT2D eigenvalue weighted by Crippen LogP contribution is -2.30. The molecule has 3 amide bonds. The first-order valence-electron chi connectivity index (χ1n) is 9.45. The Bertz CT molecular complexity index is 1090. The van der Waals surface area contributed by atoms with E-state index in [9.17, 15) is 9.59 Å². The first-order chi connectivity index (χ1) is 14.6. The van der Waals surface area contributed by atoms with E-state index in [2.05, 4.69) is 21.2 Å². The highest BCUT2D eigenvalue weighted by molar-refractivity contribution is 9.10. The summed E-state index contributed by atoms with van der Waals surface area (Å²) in [6, 6.07) is 24.3. The minimum atomic E-state index is -0.427. The molecule has 1 aliphatic heterocycles. The second-order valence-corrected chi connectivity index (χ2v) is 7.73. The van der Waals surface area contributed by atoms with Gasteiger partial charge in [-0.2, -0.15) is 0 Å². The number of carbonyl (C=O) groups is 2. The molecule has 4 rings (SSSR count). The van der Waals surface area contributed by atoms with Crippen molar-refractivity contribution in [2.75, 3.05) is 0 Å². The standard InChI is InChI=1S/C24H19BrN2O3/c25-20-12-10-18(11-13-20)16-30-22-9-5-4-8-19(22)14-21-23(28)27(24(29)26-21)15-17-6-2-1-3-7-17/h1-14H,15-16H2,(H,26,29)/b21-14+. The number of hydrogen-bond donors (Lipinski definition) is 1. The van der Waals surface area contributed by atoms with Gasteiger partial charge in [0.1, 0.15) is 18.1 Å². The minimum absolute atomic E-state index is 0.227. The number of para-hydroxylation sites is 1. The zero-order valence-electron chi connectivity index (χ0n) is 16.0. The van der Waals surface area contributed by atoms with Gasteiger partial charge >= 0.3 is 6.03 Å². The molecule has 5 nitrogen and oxygen atoms in total. The topological polar surface area (TPSA) is 58.6 Å². The molecule has 0 radical (unpaired) electrons. The van der Waals surface area contributed by atoms with Crippen molar-refractivity contribution in [2.24, 2.45) is 0 Å². The van der Waals surface area contributed by atoms with Gasteiger partial charge in [-0.25, -0.2) is 4.79 Å². The number of rotatable bonds is 6. The summed E-state index contributed by atoms with van der Waals surface area (Å²) in [5.74, 6) is 0.281. The first-order valence-corrected chi connectivity index (χ1v) is 10.2. The van der Waals surface area contributed by atoms with Crippen molar-refractivity contribution >= 4 is 33.9 Å². The van der Waals surface area contributed by atoms with Crippen LogP contribution in [0.3, 0.4) is 0 Å². The van der Waals surface area contributed by atoms with E-state index in [1.807, 2.05) is 78.9 Å². The molecule has 0 bridgehead atoms. The summed E-state index contributed by atoms with van der Waals surface area (Å²) in [5, 5.41) is 2.67. The number of benzene rings is 3. The molecule has 0 unspecified atom stereocenters.